The molecule has 1 aromatic rings. The molecule has 1 aliphatic rings. The van der Waals surface area contributed by atoms with Gasteiger partial charge in [-0.1, -0.05) is 12.1 Å². The SMILES string of the molecule is CNCCCC(=O)N1CCC(NS(=O)(=O)c2ccccc2[N+](=O)[O-])CC1. The maximum absolute atomic E-state index is 12.5. The normalized spacial score (nSPS) is 15.8. The number of carbonyl (C=O) groups excluding carboxylic acids is 1. The van der Waals surface area contributed by atoms with Crippen molar-refractivity contribution in [3.8, 4) is 0 Å². The molecular formula is C16H24N4O5S. The Balaban J connectivity index is 1.95. The smallest absolute Gasteiger partial charge is 0.289 e. The van der Waals surface area contributed by atoms with E-state index in [0.29, 0.717) is 32.4 Å². The highest BCUT2D eigenvalue weighted by Crippen LogP contribution is 2.24. The minimum absolute atomic E-state index is 0.0697. The van der Waals surface area contributed by atoms with Gasteiger partial charge in [0.1, 0.15) is 0 Å². The summed E-state index contributed by atoms with van der Waals surface area (Å²) in [6.45, 7) is 1.72. The molecule has 1 heterocycles. The molecule has 0 saturated carbocycles. The van der Waals surface area contributed by atoms with Crippen molar-refractivity contribution in [2.75, 3.05) is 26.7 Å². The van der Waals surface area contributed by atoms with Gasteiger partial charge < -0.3 is 10.2 Å². The lowest BCUT2D eigenvalue weighted by Crippen LogP contribution is -2.46. The van der Waals surface area contributed by atoms with Crippen molar-refractivity contribution in [1.29, 1.82) is 0 Å². The van der Waals surface area contributed by atoms with Gasteiger partial charge in [-0.15, -0.1) is 0 Å². The fourth-order valence-corrected chi connectivity index (χ4v) is 4.42. The zero-order valence-electron chi connectivity index (χ0n) is 14.7. The predicted molar refractivity (Wildman–Crippen MR) is 96.2 cm³/mol. The second-order valence-electron chi connectivity index (χ2n) is 6.21. The van der Waals surface area contributed by atoms with Gasteiger partial charge in [-0.05, 0) is 38.9 Å². The van der Waals surface area contributed by atoms with Crippen LogP contribution in [0.1, 0.15) is 25.7 Å². The summed E-state index contributed by atoms with van der Waals surface area (Å²) in [5.74, 6) is 0.0697. The Hall–Kier alpha value is -2.04. The number of amides is 1. The number of para-hydroxylation sites is 1. The molecule has 1 aliphatic heterocycles. The highest BCUT2D eigenvalue weighted by molar-refractivity contribution is 7.89. The van der Waals surface area contributed by atoms with Crippen LogP contribution < -0.4 is 10.0 Å². The molecule has 2 N–H and O–H groups in total. The summed E-state index contributed by atoms with van der Waals surface area (Å²) in [5, 5.41) is 14.0. The first-order valence-electron chi connectivity index (χ1n) is 8.53. The molecule has 0 radical (unpaired) electrons. The highest BCUT2D eigenvalue weighted by atomic mass is 32.2. The summed E-state index contributed by atoms with van der Waals surface area (Å²) in [4.78, 5) is 23.8. The Bertz CT molecular complexity index is 745. The number of hydrogen-bond acceptors (Lipinski definition) is 6. The Morgan fingerprint density at radius 3 is 2.58 bits per heavy atom. The average molecular weight is 384 g/mol. The fraction of sp³-hybridized carbons (Fsp3) is 0.562. The van der Waals surface area contributed by atoms with Crippen LogP contribution in [-0.2, 0) is 14.8 Å². The Kier molecular flexibility index (Phi) is 7.06. The van der Waals surface area contributed by atoms with E-state index in [0.717, 1.165) is 13.0 Å². The number of nitrogens with zero attached hydrogens (tertiary/aromatic N) is 2. The number of carbonyl (C=O) groups is 1. The van der Waals surface area contributed by atoms with E-state index in [1.54, 1.807) is 4.90 Å². The van der Waals surface area contributed by atoms with Crippen LogP contribution in [0.15, 0.2) is 29.2 Å². The monoisotopic (exact) mass is 384 g/mol. The molecule has 0 aromatic heterocycles. The molecule has 0 spiro atoms. The number of likely N-dealkylation sites (tertiary alicyclic amines) is 1. The molecule has 1 fully saturated rings. The molecule has 0 bridgehead atoms. The van der Waals surface area contributed by atoms with E-state index < -0.39 is 20.6 Å². The minimum Gasteiger partial charge on any atom is -0.343 e. The minimum atomic E-state index is -3.99. The van der Waals surface area contributed by atoms with Crippen LogP contribution in [0.3, 0.4) is 0 Å². The molecule has 1 amide bonds. The van der Waals surface area contributed by atoms with E-state index in [1.807, 2.05) is 7.05 Å². The van der Waals surface area contributed by atoms with Gasteiger partial charge in [0.15, 0.2) is 4.90 Å². The zero-order valence-corrected chi connectivity index (χ0v) is 15.5. The number of sulfonamides is 1. The molecule has 144 valence electrons. The first kappa shape index (κ1) is 20.3. The number of nitrogens with one attached hydrogen (secondary N) is 2. The zero-order chi connectivity index (χ0) is 19.2. The van der Waals surface area contributed by atoms with Crippen LogP contribution in [0.4, 0.5) is 5.69 Å². The first-order chi connectivity index (χ1) is 12.3. The largest absolute Gasteiger partial charge is 0.343 e. The van der Waals surface area contributed by atoms with Gasteiger partial charge in [0, 0.05) is 31.6 Å². The van der Waals surface area contributed by atoms with Crippen molar-refractivity contribution in [1.82, 2.24) is 14.9 Å². The van der Waals surface area contributed by atoms with Gasteiger partial charge in [0.2, 0.25) is 15.9 Å². The van der Waals surface area contributed by atoms with Gasteiger partial charge >= 0.3 is 0 Å². The third-order valence-corrected chi connectivity index (χ3v) is 5.91. The maximum atomic E-state index is 12.5. The van der Waals surface area contributed by atoms with Crippen molar-refractivity contribution in [3.05, 3.63) is 34.4 Å². The van der Waals surface area contributed by atoms with E-state index in [9.17, 15) is 23.3 Å². The lowest BCUT2D eigenvalue weighted by atomic mass is 10.1. The van der Waals surface area contributed by atoms with E-state index in [1.165, 1.54) is 24.3 Å². The topological polar surface area (TPSA) is 122 Å². The first-order valence-corrected chi connectivity index (χ1v) is 10.0. The van der Waals surface area contributed by atoms with Gasteiger partial charge in [0.25, 0.3) is 5.69 Å². The molecular weight excluding hydrogens is 360 g/mol. The van der Waals surface area contributed by atoms with E-state index in [2.05, 4.69) is 10.0 Å². The van der Waals surface area contributed by atoms with Gasteiger partial charge in [-0.25, -0.2) is 13.1 Å². The van der Waals surface area contributed by atoms with Crippen LogP contribution in [0.5, 0.6) is 0 Å². The lowest BCUT2D eigenvalue weighted by Gasteiger charge is -2.32. The second kappa shape index (κ2) is 9.06. The second-order valence-corrected chi connectivity index (χ2v) is 7.89. The lowest BCUT2D eigenvalue weighted by molar-refractivity contribution is -0.387. The average Bonchev–Trinajstić information content (AvgIpc) is 2.62. The van der Waals surface area contributed by atoms with Crippen molar-refractivity contribution in [2.24, 2.45) is 0 Å². The number of hydrogen-bond donors (Lipinski definition) is 2. The van der Waals surface area contributed by atoms with Gasteiger partial charge in [-0.2, -0.15) is 0 Å². The quantitative estimate of drug-likeness (QED) is 0.389. The van der Waals surface area contributed by atoms with Crippen LogP contribution in [0, 0.1) is 10.1 Å². The third kappa shape index (κ3) is 5.23. The molecule has 1 aromatic carbocycles. The Morgan fingerprint density at radius 2 is 1.96 bits per heavy atom. The van der Waals surface area contributed by atoms with Crippen LogP contribution in [-0.4, -0.2) is 56.9 Å². The molecule has 0 unspecified atom stereocenters. The van der Waals surface area contributed by atoms with Gasteiger partial charge in [-0.3, -0.25) is 14.9 Å². The van der Waals surface area contributed by atoms with Crippen molar-refractivity contribution >= 4 is 21.6 Å². The third-order valence-electron chi connectivity index (χ3n) is 4.34. The number of benzene rings is 1. The van der Waals surface area contributed by atoms with Crippen molar-refractivity contribution in [2.45, 2.75) is 36.6 Å². The summed E-state index contributed by atoms with van der Waals surface area (Å²) in [6.07, 6.45) is 2.20. The molecule has 1 saturated heterocycles. The molecule has 0 atom stereocenters. The summed E-state index contributed by atoms with van der Waals surface area (Å²) >= 11 is 0. The highest BCUT2D eigenvalue weighted by Gasteiger charge is 2.30. The summed E-state index contributed by atoms with van der Waals surface area (Å²) in [5.41, 5.74) is -0.447. The van der Waals surface area contributed by atoms with Crippen molar-refractivity contribution in [3.63, 3.8) is 0 Å². The fourth-order valence-electron chi connectivity index (χ4n) is 2.94. The summed E-state index contributed by atoms with van der Waals surface area (Å²) < 4.78 is 27.6. The predicted octanol–water partition coefficient (Wildman–Crippen LogP) is 0.864. The van der Waals surface area contributed by atoms with E-state index in [-0.39, 0.29) is 16.8 Å². The number of rotatable bonds is 8. The number of nitro groups is 1. The molecule has 26 heavy (non-hydrogen) atoms. The Morgan fingerprint density at radius 1 is 1.31 bits per heavy atom. The Labute approximate surface area is 153 Å². The maximum Gasteiger partial charge on any atom is 0.289 e. The van der Waals surface area contributed by atoms with E-state index in [4.69, 9.17) is 0 Å². The summed E-state index contributed by atoms with van der Waals surface area (Å²) in [7, 11) is -2.16. The molecule has 2 rings (SSSR count). The van der Waals surface area contributed by atoms with Gasteiger partial charge in [0.05, 0.1) is 4.92 Å². The summed E-state index contributed by atoms with van der Waals surface area (Å²) in [6, 6.07) is 4.92. The molecule has 0 aliphatic carbocycles. The van der Waals surface area contributed by atoms with Crippen molar-refractivity contribution < 1.29 is 18.1 Å². The number of piperidine rings is 1. The number of nitro benzene ring substituents is 1. The molecule has 9 nitrogen and oxygen atoms in total. The van der Waals surface area contributed by atoms with E-state index >= 15 is 0 Å². The molecule has 10 heteroatoms. The standard InChI is InChI=1S/C16H24N4O5S/c1-17-10-4-7-16(21)19-11-8-13(9-12-19)18-26(24,25)15-6-3-2-5-14(15)20(22)23/h2-3,5-6,13,17-18H,4,7-12H2,1H3. The van der Waals surface area contributed by atoms with Crippen LogP contribution in [0.2, 0.25) is 0 Å². The van der Waals surface area contributed by atoms with Crippen LogP contribution >= 0.6 is 0 Å². The van der Waals surface area contributed by atoms with Crippen LogP contribution in [0.25, 0.3) is 0 Å².